The first-order valence-corrected chi connectivity index (χ1v) is 10.7. The first-order chi connectivity index (χ1) is 13.9. The van der Waals surface area contributed by atoms with Crippen LogP contribution in [0.15, 0.2) is 12.1 Å². The van der Waals surface area contributed by atoms with Gasteiger partial charge in [0.05, 0.1) is 5.69 Å². The number of hydrogen-bond acceptors (Lipinski definition) is 3. The Bertz CT molecular complexity index is 867. The number of halogens is 2. The van der Waals surface area contributed by atoms with Crippen molar-refractivity contribution in [2.24, 2.45) is 5.92 Å². The van der Waals surface area contributed by atoms with E-state index in [1.807, 2.05) is 0 Å². The highest BCUT2D eigenvalue weighted by atomic mass is 35.5. The number of hydrogen-bond donors (Lipinski definition) is 1. The lowest BCUT2D eigenvalue weighted by molar-refractivity contribution is -0.135. The Morgan fingerprint density at radius 1 is 1.31 bits per heavy atom. The van der Waals surface area contributed by atoms with Crippen molar-refractivity contribution in [1.82, 2.24) is 10.2 Å². The fourth-order valence-electron chi connectivity index (χ4n) is 4.85. The number of carbonyl (C=O) groups excluding carboxylic acids is 3. The molecule has 1 N–H and O–H groups in total. The summed E-state index contributed by atoms with van der Waals surface area (Å²) in [7, 11) is 0. The summed E-state index contributed by atoms with van der Waals surface area (Å²) in [5.41, 5.74) is -0.131. The lowest BCUT2D eigenvalue weighted by Crippen LogP contribution is -2.50. The lowest BCUT2D eigenvalue weighted by Gasteiger charge is -2.35. The van der Waals surface area contributed by atoms with Crippen molar-refractivity contribution in [3.63, 3.8) is 0 Å². The van der Waals surface area contributed by atoms with Crippen LogP contribution in [0.4, 0.5) is 14.9 Å². The number of benzene rings is 1. The molecule has 1 aromatic rings. The van der Waals surface area contributed by atoms with Gasteiger partial charge in [0.1, 0.15) is 17.9 Å². The van der Waals surface area contributed by atoms with Crippen LogP contribution in [0, 0.1) is 11.7 Å². The van der Waals surface area contributed by atoms with E-state index in [1.165, 1.54) is 17.0 Å². The van der Waals surface area contributed by atoms with Crippen molar-refractivity contribution in [3.05, 3.63) is 28.5 Å². The van der Waals surface area contributed by atoms with Gasteiger partial charge >= 0.3 is 6.03 Å². The van der Waals surface area contributed by atoms with Crippen LogP contribution in [-0.2, 0) is 16.0 Å². The van der Waals surface area contributed by atoms with Crippen molar-refractivity contribution in [2.75, 3.05) is 18.0 Å². The van der Waals surface area contributed by atoms with E-state index in [0.717, 1.165) is 24.2 Å². The summed E-state index contributed by atoms with van der Waals surface area (Å²) in [6.45, 7) is 2.07. The van der Waals surface area contributed by atoms with Crippen LogP contribution < -0.4 is 10.2 Å². The Labute approximate surface area is 174 Å². The summed E-state index contributed by atoms with van der Waals surface area (Å²) in [6, 6.07) is 2.18. The summed E-state index contributed by atoms with van der Waals surface area (Å²) in [4.78, 5) is 40.9. The molecule has 6 nitrogen and oxygen atoms in total. The fraction of sp³-hybridized carbons (Fsp3) is 0.571. The maximum Gasteiger partial charge on any atom is 0.325 e. The van der Waals surface area contributed by atoms with Crippen LogP contribution in [0.25, 0.3) is 0 Å². The lowest BCUT2D eigenvalue weighted by atomic mass is 9.75. The molecule has 2 heterocycles. The molecule has 29 heavy (non-hydrogen) atoms. The maximum atomic E-state index is 14.5. The number of imide groups is 1. The average Bonchev–Trinajstić information content (AvgIpc) is 2.95. The Morgan fingerprint density at radius 3 is 2.72 bits per heavy atom. The molecular weight excluding hydrogens is 397 g/mol. The third-order valence-electron chi connectivity index (χ3n) is 6.63. The van der Waals surface area contributed by atoms with E-state index in [2.05, 4.69) is 12.2 Å². The molecule has 1 saturated carbocycles. The molecule has 1 spiro atoms. The molecule has 0 atom stereocenters. The number of rotatable bonds is 3. The van der Waals surface area contributed by atoms with Crippen molar-refractivity contribution in [2.45, 2.75) is 57.4 Å². The number of urea groups is 1. The van der Waals surface area contributed by atoms with Gasteiger partial charge in [-0.15, -0.1) is 0 Å². The minimum atomic E-state index is -0.891. The monoisotopic (exact) mass is 421 g/mol. The van der Waals surface area contributed by atoms with E-state index in [0.29, 0.717) is 48.7 Å². The van der Waals surface area contributed by atoms with Crippen LogP contribution in [-0.4, -0.2) is 41.4 Å². The van der Waals surface area contributed by atoms with Crippen LogP contribution in [0.1, 0.15) is 51.0 Å². The predicted molar refractivity (Wildman–Crippen MR) is 107 cm³/mol. The number of carbonyl (C=O) groups is 3. The highest BCUT2D eigenvalue weighted by Crippen LogP contribution is 2.38. The molecule has 8 heteroatoms. The van der Waals surface area contributed by atoms with Crippen molar-refractivity contribution < 1.29 is 18.8 Å². The Kier molecular flexibility index (Phi) is 5.27. The molecule has 0 radical (unpaired) electrons. The molecule has 4 rings (SSSR count). The van der Waals surface area contributed by atoms with Gasteiger partial charge in [-0.1, -0.05) is 24.9 Å². The molecule has 2 fully saturated rings. The van der Waals surface area contributed by atoms with E-state index < -0.39 is 29.8 Å². The smallest absolute Gasteiger partial charge is 0.323 e. The number of fused-ring (bicyclic) bond motifs is 1. The number of nitrogens with one attached hydrogen (secondary N) is 1. The molecule has 0 aromatic heterocycles. The van der Waals surface area contributed by atoms with Gasteiger partial charge in [-0.2, -0.15) is 0 Å². The normalized spacial score (nSPS) is 26.7. The highest BCUT2D eigenvalue weighted by Gasteiger charge is 2.52. The quantitative estimate of drug-likeness (QED) is 0.757. The molecule has 1 aliphatic carbocycles. The van der Waals surface area contributed by atoms with E-state index in [4.69, 9.17) is 11.6 Å². The molecular formula is C21H25ClFN3O3. The largest absolute Gasteiger partial charge is 0.325 e. The first kappa shape index (κ1) is 20.1. The van der Waals surface area contributed by atoms with E-state index >= 15 is 0 Å². The second-order valence-electron chi connectivity index (χ2n) is 8.26. The van der Waals surface area contributed by atoms with Gasteiger partial charge in [0.25, 0.3) is 5.91 Å². The van der Waals surface area contributed by atoms with E-state index in [1.54, 1.807) is 0 Å². The first-order valence-electron chi connectivity index (χ1n) is 10.3. The van der Waals surface area contributed by atoms with Gasteiger partial charge in [-0.25, -0.2) is 9.18 Å². The zero-order valence-electron chi connectivity index (χ0n) is 16.5. The van der Waals surface area contributed by atoms with Gasteiger partial charge in [0.15, 0.2) is 0 Å². The SMILES string of the molecule is CCC1CCC2(CC1)NC(=O)N(CC(=O)N1CCCc3c(Cl)ccc(F)c31)C2=O. The molecule has 0 unspecified atom stereocenters. The molecule has 1 aromatic carbocycles. The zero-order valence-corrected chi connectivity index (χ0v) is 17.2. The van der Waals surface area contributed by atoms with E-state index in [9.17, 15) is 18.8 Å². The molecule has 2 aliphatic heterocycles. The molecule has 4 amide bonds. The third kappa shape index (κ3) is 3.39. The van der Waals surface area contributed by atoms with Gasteiger partial charge in [-0.05, 0) is 62.1 Å². The van der Waals surface area contributed by atoms with Crippen LogP contribution >= 0.6 is 11.6 Å². The molecule has 156 valence electrons. The summed E-state index contributed by atoms with van der Waals surface area (Å²) >= 11 is 6.19. The summed E-state index contributed by atoms with van der Waals surface area (Å²) in [5, 5.41) is 3.25. The Morgan fingerprint density at radius 2 is 2.03 bits per heavy atom. The van der Waals surface area contributed by atoms with Crippen molar-refractivity contribution in [3.8, 4) is 0 Å². The van der Waals surface area contributed by atoms with Crippen LogP contribution in [0.3, 0.4) is 0 Å². The van der Waals surface area contributed by atoms with Gasteiger partial charge < -0.3 is 10.2 Å². The zero-order chi connectivity index (χ0) is 20.8. The van der Waals surface area contributed by atoms with Gasteiger partial charge in [0, 0.05) is 11.6 Å². The average molecular weight is 422 g/mol. The second kappa shape index (κ2) is 7.59. The minimum Gasteiger partial charge on any atom is -0.323 e. The summed E-state index contributed by atoms with van der Waals surface area (Å²) in [5.74, 6) is -0.772. The fourth-order valence-corrected chi connectivity index (χ4v) is 5.09. The predicted octanol–water partition coefficient (Wildman–Crippen LogP) is 3.65. The number of amides is 4. The highest BCUT2D eigenvalue weighted by molar-refractivity contribution is 6.32. The van der Waals surface area contributed by atoms with Crippen LogP contribution in [0.2, 0.25) is 5.02 Å². The van der Waals surface area contributed by atoms with Gasteiger partial charge in [-0.3, -0.25) is 14.5 Å². The third-order valence-corrected chi connectivity index (χ3v) is 6.99. The topological polar surface area (TPSA) is 69.7 Å². The Hall–Kier alpha value is -2.15. The number of nitrogens with zero attached hydrogens (tertiary/aromatic N) is 2. The van der Waals surface area contributed by atoms with E-state index in [-0.39, 0.29) is 11.6 Å². The molecule has 0 bridgehead atoms. The second-order valence-corrected chi connectivity index (χ2v) is 8.67. The van der Waals surface area contributed by atoms with Gasteiger partial charge in [0.2, 0.25) is 5.91 Å². The molecule has 3 aliphatic rings. The Balaban J connectivity index is 1.52. The summed E-state index contributed by atoms with van der Waals surface area (Å²) in [6.07, 6.45) is 5.24. The minimum absolute atomic E-state index is 0.166. The summed E-state index contributed by atoms with van der Waals surface area (Å²) < 4.78 is 14.5. The van der Waals surface area contributed by atoms with Crippen molar-refractivity contribution in [1.29, 1.82) is 0 Å². The van der Waals surface area contributed by atoms with Crippen LogP contribution in [0.5, 0.6) is 0 Å². The maximum absolute atomic E-state index is 14.5. The standard InChI is InChI=1S/C21H25ClFN3O3/c1-2-13-7-9-21(10-8-13)19(28)26(20(29)24-21)12-17(27)25-11-3-4-14-15(22)5-6-16(23)18(14)25/h5-6,13H,2-4,7-12H2,1H3,(H,24,29). The number of anilines is 1. The van der Waals surface area contributed by atoms with Crippen molar-refractivity contribution >= 4 is 35.1 Å². The molecule has 1 saturated heterocycles.